The van der Waals surface area contributed by atoms with E-state index in [0.717, 1.165) is 12.8 Å². The highest BCUT2D eigenvalue weighted by Gasteiger charge is 2.12. The lowest BCUT2D eigenvalue weighted by atomic mass is 10.0. The summed E-state index contributed by atoms with van der Waals surface area (Å²) >= 11 is 0. The van der Waals surface area contributed by atoms with Gasteiger partial charge in [0.1, 0.15) is 5.82 Å². The van der Waals surface area contributed by atoms with Crippen LogP contribution in [0, 0.1) is 12.7 Å². The predicted octanol–water partition coefficient (Wildman–Crippen LogP) is 3.29. The van der Waals surface area contributed by atoms with Crippen LogP contribution in [0.1, 0.15) is 49.8 Å². The topological polar surface area (TPSA) is 46.5 Å². The number of aliphatic hydroxyl groups excluding tert-OH is 1. The summed E-state index contributed by atoms with van der Waals surface area (Å²) in [5.74, 6) is -0.665. The maximum atomic E-state index is 13.3. The van der Waals surface area contributed by atoms with Crippen LogP contribution in [0.4, 0.5) is 4.39 Å². The van der Waals surface area contributed by atoms with Crippen molar-refractivity contribution < 1.29 is 19.0 Å². The first kappa shape index (κ1) is 15.6. The first-order valence-electron chi connectivity index (χ1n) is 6.64. The Morgan fingerprint density at radius 1 is 1.47 bits per heavy atom. The molecule has 4 heteroatoms. The molecule has 0 fully saturated rings. The number of unbranched alkanes of at least 4 members (excludes halogenated alkanes) is 1. The van der Waals surface area contributed by atoms with Gasteiger partial charge in [-0.3, -0.25) is 4.79 Å². The van der Waals surface area contributed by atoms with Crippen molar-refractivity contribution in [1.82, 2.24) is 0 Å². The average Bonchev–Trinajstić information content (AvgIpc) is 2.39. The Morgan fingerprint density at radius 3 is 2.84 bits per heavy atom. The lowest BCUT2D eigenvalue weighted by molar-refractivity contribution is -0.144. The third-order valence-electron chi connectivity index (χ3n) is 2.96. The van der Waals surface area contributed by atoms with Crippen molar-refractivity contribution in [3.05, 3.63) is 35.1 Å². The Labute approximate surface area is 113 Å². The fraction of sp³-hybridized carbons (Fsp3) is 0.533. The summed E-state index contributed by atoms with van der Waals surface area (Å²) in [6.07, 6.45) is 1.36. The van der Waals surface area contributed by atoms with Gasteiger partial charge < -0.3 is 9.84 Å². The van der Waals surface area contributed by atoms with Gasteiger partial charge in [0.25, 0.3) is 0 Å². The van der Waals surface area contributed by atoms with Crippen LogP contribution in [0.3, 0.4) is 0 Å². The molecule has 0 saturated heterocycles. The Hall–Kier alpha value is -1.42. The molecule has 0 aliphatic carbocycles. The van der Waals surface area contributed by atoms with E-state index < -0.39 is 6.10 Å². The van der Waals surface area contributed by atoms with Crippen LogP contribution in [-0.2, 0) is 9.53 Å². The van der Waals surface area contributed by atoms with Crippen LogP contribution in [0.15, 0.2) is 18.2 Å². The van der Waals surface area contributed by atoms with E-state index in [1.54, 1.807) is 19.1 Å². The van der Waals surface area contributed by atoms with Crippen molar-refractivity contribution in [1.29, 1.82) is 0 Å². The van der Waals surface area contributed by atoms with E-state index in [9.17, 15) is 14.3 Å². The van der Waals surface area contributed by atoms with Gasteiger partial charge in [-0.25, -0.2) is 4.39 Å². The van der Waals surface area contributed by atoms with Crippen molar-refractivity contribution >= 4 is 5.97 Å². The van der Waals surface area contributed by atoms with Crippen molar-refractivity contribution in [3.63, 3.8) is 0 Å². The molecule has 0 saturated carbocycles. The van der Waals surface area contributed by atoms with Crippen LogP contribution >= 0.6 is 0 Å². The molecule has 0 heterocycles. The molecule has 3 nitrogen and oxygen atoms in total. The lowest BCUT2D eigenvalue weighted by Crippen LogP contribution is -2.08. The number of aryl methyl sites for hydroxylation is 1. The van der Waals surface area contributed by atoms with Gasteiger partial charge in [0.2, 0.25) is 0 Å². The molecular formula is C15H21FO3. The minimum Gasteiger partial charge on any atom is -0.466 e. The predicted molar refractivity (Wildman–Crippen MR) is 71.2 cm³/mol. The van der Waals surface area contributed by atoms with Gasteiger partial charge >= 0.3 is 5.97 Å². The number of hydrogen-bond acceptors (Lipinski definition) is 3. The number of ether oxygens (including phenoxy) is 1. The fourth-order valence-corrected chi connectivity index (χ4v) is 1.64. The number of aliphatic hydroxyl groups is 1. The largest absolute Gasteiger partial charge is 0.466 e. The van der Waals surface area contributed by atoms with E-state index in [0.29, 0.717) is 17.7 Å². The van der Waals surface area contributed by atoms with Crippen molar-refractivity contribution in [2.75, 3.05) is 6.61 Å². The number of benzene rings is 1. The highest BCUT2D eigenvalue weighted by molar-refractivity contribution is 5.69. The number of carbonyl (C=O) groups is 1. The monoisotopic (exact) mass is 268 g/mol. The summed E-state index contributed by atoms with van der Waals surface area (Å²) in [6.45, 7) is 4.10. The molecule has 1 N–H and O–H groups in total. The van der Waals surface area contributed by atoms with E-state index in [1.165, 1.54) is 6.07 Å². The second kappa shape index (κ2) is 7.89. The summed E-state index contributed by atoms with van der Waals surface area (Å²) < 4.78 is 18.3. The zero-order valence-corrected chi connectivity index (χ0v) is 11.5. The maximum Gasteiger partial charge on any atom is 0.305 e. The van der Waals surface area contributed by atoms with Gasteiger partial charge in [0.05, 0.1) is 12.7 Å². The Balaban J connectivity index is 2.40. The average molecular weight is 268 g/mol. The van der Waals surface area contributed by atoms with Gasteiger partial charge in [-0.15, -0.1) is 0 Å². The zero-order chi connectivity index (χ0) is 14.3. The summed E-state index contributed by atoms with van der Waals surface area (Å²) in [5, 5.41) is 9.88. The number of carbonyl (C=O) groups excluding carboxylic acids is 1. The third-order valence-corrected chi connectivity index (χ3v) is 2.96. The molecular weight excluding hydrogens is 247 g/mol. The molecule has 1 aromatic rings. The molecule has 0 aromatic heterocycles. The number of halogens is 1. The number of hydrogen-bond donors (Lipinski definition) is 1. The minimum atomic E-state index is -0.839. The normalized spacial score (nSPS) is 12.2. The van der Waals surface area contributed by atoms with E-state index in [1.807, 2.05) is 6.92 Å². The number of rotatable bonds is 7. The standard InChI is InChI=1S/C15H21FO3/c1-3-4-9-19-15(18)8-7-14(17)12-6-5-11(2)13(16)10-12/h5-6,10,14,17H,3-4,7-9H2,1-2H3. The quantitative estimate of drug-likeness (QED) is 0.609. The second-order valence-electron chi connectivity index (χ2n) is 4.64. The molecule has 106 valence electrons. The van der Waals surface area contributed by atoms with Crippen LogP contribution in [0.25, 0.3) is 0 Å². The third kappa shape index (κ3) is 5.39. The van der Waals surface area contributed by atoms with Gasteiger partial charge in [0.15, 0.2) is 0 Å². The highest BCUT2D eigenvalue weighted by Crippen LogP contribution is 2.20. The smallest absolute Gasteiger partial charge is 0.305 e. The van der Waals surface area contributed by atoms with E-state index >= 15 is 0 Å². The van der Waals surface area contributed by atoms with E-state index in [-0.39, 0.29) is 24.6 Å². The molecule has 0 bridgehead atoms. The zero-order valence-electron chi connectivity index (χ0n) is 11.5. The lowest BCUT2D eigenvalue weighted by Gasteiger charge is -2.11. The van der Waals surface area contributed by atoms with Crippen molar-refractivity contribution in [2.45, 2.75) is 45.6 Å². The van der Waals surface area contributed by atoms with Crippen LogP contribution in [-0.4, -0.2) is 17.7 Å². The van der Waals surface area contributed by atoms with Crippen LogP contribution < -0.4 is 0 Å². The molecule has 1 atom stereocenters. The van der Waals surface area contributed by atoms with Gasteiger partial charge in [-0.2, -0.15) is 0 Å². The Morgan fingerprint density at radius 2 is 2.21 bits per heavy atom. The van der Waals surface area contributed by atoms with Gasteiger partial charge in [0, 0.05) is 6.42 Å². The summed E-state index contributed by atoms with van der Waals surface area (Å²) in [4.78, 5) is 11.4. The van der Waals surface area contributed by atoms with E-state index in [4.69, 9.17) is 4.74 Å². The molecule has 0 aliphatic rings. The molecule has 0 radical (unpaired) electrons. The summed E-state index contributed by atoms with van der Waals surface area (Å²) in [6, 6.07) is 4.60. The molecule has 19 heavy (non-hydrogen) atoms. The van der Waals surface area contributed by atoms with Gasteiger partial charge in [-0.05, 0) is 37.0 Å². The first-order valence-corrected chi connectivity index (χ1v) is 6.64. The first-order chi connectivity index (χ1) is 9.04. The SMILES string of the molecule is CCCCOC(=O)CCC(O)c1ccc(C)c(F)c1. The number of esters is 1. The molecule has 1 unspecified atom stereocenters. The summed E-state index contributed by atoms with van der Waals surface area (Å²) in [7, 11) is 0. The van der Waals surface area contributed by atoms with E-state index in [2.05, 4.69) is 0 Å². The molecule has 1 rings (SSSR count). The van der Waals surface area contributed by atoms with Crippen molar-refractivity contribution in [3.8, 4) is 0 Å². The van der Waals surface area contributed by atoms with Crippen molar-refractivity contribution in [2.24, 2.45) is 0 Å². The molecule has 0 amide bonds. The van der Waals surface area contributed by atoms with Crippen LogP contribution in [0.2, 0.25) is 0 Å². The highest BCUT2D eigenvalue weighted by atomic mass is 19.1. The minimum absolute atomic E-state index is 0.139. The maximum absolute atomic E-state index is 13.3. The van der Waals surface area contributed by atoms with Gasteiger partial charge in [-0.1, -0.05) is 25.5 Å². The second-order valence-corrected chi connectivity index (χ2v) is 4.64. The van der Waals surface area contributed by atoms with Crippen LogP contribution in [0.5, 0.6) is 0 Å². The fourth-order valence-electron chi connectivity index (χ4n) is 1.64. The summed E-state index contributed by atoms with van der Waals surface area (Å²) in [5.41, 5.74) is 1.03. The molecule has 0 spiro atoms. The Kier molecular flexibility index (Phi) is 6.50. The molecule has 1 aromatic carbocycles. The molecule has 0 aliphatic heterocycles. The Bertz CT molecular complexity index is 418.